The van der Waals surface area contributed by atoms with Crippen LogP contribution in [-0.2, 0) is 25.8 Å². The molecule has 0 saturated carbocycles. The minimum Gasteiger partial charge on any atom is -0.480 e. The van der Waals surface area contributed by atoms with Gasteiger partial charge in [-0.05, 0) is 38.0 Å². The zero-order chi connectivity index (χ0) is 21.3. The van der Waals surface area contributed by atoms with Crippen molar-refractivity contribution in [1.29, 1.82) is 0 Å². The minimum atomic E-state index is -4.80. The van der Waals surface area contributed by atoms with E-state index < -0.39 is 55.5 Å². The van der Waals surface area contributed by atoms with Gasteiger partial charge in [-0.3, -0.25) is 9.59 Å². The number of halogens is 4. The molecule has 28 heavy (non-hydrogen) atoms. The molecule has 156 valence electrons. The summed E-state index contributed by atoms with van der Waals surface area (Å²) in [5, 5.41) is 10.5. The van der Waals surface area contributed by atoms with Gasteiger partial charge in [-0.25, -0.2) is 8.42 Å². The van der Waals surface area contributed by atoms with E-state index in [4.69, 9.17) is 16.7 Å². The Hall–Kier alpha value is -1.85. The highest BCUT2D eigenvalue weighted by molar-refractivity contribution is 7.89. The summed E-state index contributed by atoms with van der Waals surface area (Å²) in [6, 6.07) is 1.29. The highest BCUT2D eigenvalue weighted by atomic mass is 35.5. The SMILES string of the molecule is C[C@H](NC(=O)C1CCN(S(=O)(=O)c2ccc(Cl)c(C(F)(F)F)c2)CC1)C(=O)O. The first-order valence-electron chi connectivity index (χ1n) is 8.24. The Kier molecular flexibility index (Phi) is 6.62. The maximum Gasteiger partial charge on any atom is 0.417 e. The number of piperidine rings is 1. The van der Waals surface area contributed by atoms with Crippen LogP contribution in [0, 0.1) is 5.92 Å². The predicted octanol–water partition coefficient (Wildman–Crippen LogP) is 2.35. The van der Waals surface area contributed by atoms with Gasteiger partial charge in [-0.2, -0.15) is 17.5 Å². The van der Waals surface area contributed by atoms with Crippen molar-refractivity contribution in [2.75, 3.05) is 13.1 Å². The normalized spacial score (nSPS) is 17.9. The van der Waals surface area contributed by atoms with Crippen molar-refractivity contribution in [2.24, 2.45) is 5.92 Å². The predicted molar refractivity (Wildman–Crippen MR) is 93.2 cm³/mol. The second kappa shape index (κ2) is 8.26. The maximum absolute atomic E-state index is 13.0. The number of nitrogens with one attached hydrogen (secondary N) is 1. The Labute approximate surface area is 164 Å². The second-order valence-electron chi connectivity index (χ2n) is 6.39. The fourth-order valence-electron chi connectivity index (χ4n) is 2.78. The molecule has 1 amide bonds. The third kappa shape index (κ3) is 4.95. The Bertz CT molecular complexity index is 868. The van der Waals surface area contributed by atoms with Crippen molar-refractivity contribution in [3.8, 4) is 0 Å². The van der Waals surface area contributed by atoms with Gasteiger partial charge in [0.1, 0.15) is 6.04 Å². The van der Waals surface area contributed by atoms with Crippen molar-refractivity contribution < 1.29 is 36.3 Å². The van der Waals surface area contributed by atoms with Gasteiger partial charge in [-0.1, -0.05) is 11.6 Å². The largest absolute Gasteiger partial charge is 0.480 e. The molecule has 0 aliphatic carbocycles. The van der Waals surface area contributed by atoms with Gasteiger partial charge in [0.05, 0.1) is 15.5 Å². The van der Waals surface area contributed by atoms with Crippen molar-refractivity contribution in [2.45, 2.75) is 36.9 Å². The first-order valence-corrected chi connectivity index (χ1v) is 10.1. The van der Waals surface area contributed by atoms with E-state index in [1.807, 2.05) is 0 Å². The molecule has 2 rings (SSSR count). The van der Waals surface area contributed by atoms with Gasteiger partial charge < -0.3 is 10.4 Å². The number of alkyl halides is 3. The van der Waals surface area contributed by atoms with Gasteiger partial charge >= 0.3 is 12.1 Å². The fraction of sp³-hybridized carbons (Fsp3) is 0.500. The quantitative estimate of drug-likeness (QED) is 0.728. The highest BCUT2D eigenvalue weighted by Crippen LogP contribution is 2.36. The molecule has 1 aromatic carbocycles. The van der Waals surface area contributed by atoms with Crippen LogP contribution in [0.2, 0.25) is 5.02 Å². The van der Waals surface area contributed by atoms with Crippen LogP contribution < -0.4 is 5.32 Å². The van der Waals surface area contributed by atoms with Crippen LogP contribution in [0.5, 0.6) is 0 Å². The molecule has 0 spiro atoms. The molecule has 1 saturated heterocycles. The first-order chi connectivity index (χ1) is 12.8. The van der Waals surface area contributed by atoms with Crippen LogP contribution in [-0.4, -0.2) is 48.8 Å². The van der Waals surface area contributed by atoms with Gasteiger partial charge in [0.2, 0.25) is 15.9 Å². The number of hydrogen-bond acceptors (Lipinski definition) is 4. The van der Waals surface area contributed by atoms with Crippen molar-refractivity contribution in [3.63, 3.8) is 0 Å². The molecular weight excluding hydrogens is 425 g/mol. The van der Waals surface area contributed by atoms with Crippen molar-refractivity contribution >= 4 is 33.5 Å². The molecule has 1 aromatic rings. The van der Waals surface area contributed by atoms with Gasteiger partial charge in [0.15, 0.2) is 0 Å². The number of hydrogen-bond donors (Lipinski definition) is 2. The number of aliphatic carboxylic acids is 1. The summed E-state index contributed by atoms with van der Waals surface area (Å²) >= 11 is 5.52. The molecule has 0 radical (unpaired) electrons. The van der Waals surface area contributed by atoms with E-state index in [-0.39, 0.29) is 25.9 Å². The number of rotatable bonds is 5. The standard InChI is InChI=1S/C16H18ClF3N2O5S/c1-9(15(24)25)21-14(23)10-4-6-22(7-5-10)28(26,27)11-2-3-13(17)12(8-11)16(18,19)20/h2-3,8-10H,4-7H2,1H3,(H,21,23)(H,24,25)/t9-/m0/s1. The molecule has 2 N–H and O–H groups in total. The van der Waals surface area contributed by atoms with Crippen LogP contribution in [0.3, 0.4) is 0 Å². The molecule has 7 nitrogen and oxygen atoms in total. The van der Waals surface area contributed by atoms with E-state index in [0.29, 0.717) is 6.07 Å². The zero-order valence-electron chi connectivity index (χ0n) is 14.7. The van der Waals surface area contributed by atoms with Gasteiger partial charge in [0.25, 0.3) is 0 Å². The lowest BCUT2D eigenvalue weighted by atomic mass is 9.97. The summed E-state index contributed by atoms with van der Waals surface area (Å²) in [5.74, 6) is -2.28. The molecule has 0 unspecified atom stereocenters. The zero-order valence-corrected chi connectivity index (χ0v) is 16.2. The molecule has 1 fully saturated rings. The van der Waals surface area contributed by atoms with Crippen molar-refractivity contribution in [1.82, 2.24) is 9.62 Å². The van der Waals surface area contributed by atoms with E-state index in [9.17, 15) is 31.2 Å². The number of carbonyl (C=O) groups is 2. The monoisotopic (exact) mass is 442 g/mol. The van der Waals surface area contributed by atoms with Crippen LogP contribution in [0.15, 0.2) is 23.1 Å². The molecule has 1 heterocycles. The lowest BCUT2D eigenvalue weighted by molar-refractivity contribution is -0.142. The van der Waals surface area contributed by atoms with Crippen LogP contribution >= 0.6 is 11.6 Å². The van der Waals surface area contributed by atoms with E-state index >= 15 is 0 Å². The van der Waals surface area contributed by atoms with E-state index in [0.717, 1.165) is 16.4 Å². The van der Waals surface area contributed by atoms with Crippen LogP contribution in [0.4, 0.5) is 13.2 Å². The summed E-state index contributed by atoms with van der Waals surface area (Å²) in [5.41, 5.74) is -1.24. The van der Waals surface area contributed by atoms with Crippen LogP contribution in [0.1, 0.15) is 25.3 Å². The first kappa shape index (κ1) is 22.4. The maximum atomic E-state index is 13.0. The summed E-state index contributed by atoms with van der Waals surface area (Å²) < 4.78 is 65.3. The Morgan fingerprint density at radius 1 is 1.29 bits per heavy atom. The fourth-order valence-corrected chi connectivity index (χ4v) is 4.50. The second-order valence-corrected chi connectivity index (χ2v) is 8.73. The Morgan fingerprint density at radius 3 is 2.36 bits per heavy atom. The average Bonchev–Trinajstić information content (AvgIpc) is 2.60. The number of nitrogens with zero attached hydrogens (tertiary/aromatic N) is 1. The highest BCUT2D eigenvalue weighted by Gasteiger charge is 2.37. The van der Waals surface area contributed by atoms with Crippen molar-refractivity contribution in [3.05, 3.63) is 28.8 Å². The number of sulfonamides is 1. The number of carbonyl (C=O) groups excluding carboxylic acids is 1. The van der Waals surface area contributed by atoms with E-state index in [1.54, 1.807) is 0 Å². The lowest BCUT2D eigenvalue weighted by Crippen LogP contribution is -2.46. The van der Waals surface area contributed by atoms with Crippen LogP contribution in [0.25, 0.3) is 0 Å². The molecule has 0 aromatic heterocycles. The van der Waals surface area contributed by atoms with Gasteiger partial charge in [0, 0.05) is 19.0 Å². The molecule has 0 bridgehead atoms. The number of carboxylic acids is 1. The summed E-state index contributed by atoms with van der Waals surface area (Å²) in [6.07, 6.45) is -4.55. The molecule has 12 heteroatoms. The number of benzene rings is 1. The molecule has 1 aliphatic rings. The van der Waals surface area contributed by atoms with E-state index in [1.165, 1.54) is 6.92 Å². The smallest absolute Gasteiger partial charge is 0.417 e. The Morgan fingerprint density at radius 2 is 1.86 bits per heavy atom. The third-order valence-electron chi connectivity index (χ3n) is 4.43. The molecule has 1 aliphatic heterocycles. The number of carboxylic acid groups (broad SMARTS) is 1. The lowest BCUT2D eigenvalue weighted by Gasteiger charge is -2.31. The third-order valence-corrected chi connectivity index (χ3v) is 6.66. The molecular formula is C16H18ClF3N2O5S. The summed E-state index contributed by atoms with van der Waals surface area (Å²) in [4.78, 5) is 22.3. The Balaban J connectivity index is 2.11. The number of amides is 1. The minimum absolute atomic E-state index is 0.0775. The summed E-state index contributed by atoms with van der Waals surface area (Å²) in [6.45, 7) is 1.15. The average molecular weight is 443 g/mol. The van der Waals surface area contributed by atoms with Gasteiger partial charge in [-0.15, -0.1) is 0 Å². The molecule has 1 atom stereocenters. The van der Waals surface area contributed by atoms with E-state index in [2.05, 4.69) is 5.32 Å². The summed E-state index contributed by atoms with van der Waals surface area (Å²) in [7, 11) is -4.20. The topological polar surface area (TPSA) is 104 Å².